The third kappa shape index (κ3) is 4.99. The first-order valence-corrected chi connectivity index (χ1v) is 12.0. The Bertz CT molecular complexity index is 871. The molecule has 0 unspecified atom stereocenters. The Labute approximate surface area is 175 Å². The van der Waals surface area contributed by atoms with Gasteiger partial charge < -0.3 is 4.57 Å². The number of hydrogen-bond donors (Lipinski definition) is 0. The topological polar surface area (TPSA) is 34.0 Å². The summed E-state index contributed by atoms with van der Waals surface area (Å²) in [6.07, 6.45) is 4.69. The molecule has 146 valence electrons. The molecule has 0 saturated carbocycles. The first kappa shape index (κ1) is 19.6. The third-order valence-corrected chi connectivity index (χ3v) is 6.85. The standard InChI is InChI=1S/C22H26N4S2/c1-27-20-11-9-19(10-12-20)17-28-22-24-23-21(16-25-13-5-6-14-25)26(22)15-18-7-3-2-4-8-18/h2-4,7-12H,5-6,13-17H2,1H3. The molecule has 28 heavy (non-hydrogen) atoms. The summed E-state index contributed by atoms with van der Waals surface area (Å²) >= 11 is 3.55. The zero-order valence-electron chi connectivity index (χ0n) is 16.3. The lowest BCUT2D eigenvalue weighted by Gasteiger charge is -2.16. The van der Waals surface area contributed by atoms with Crippen molar-refractivity contribution in [3.8, 4) is 0 Å². The molecular formula is C22H26N4S2. The summed E-state index contributed by atoms with van der Waals surface area (Å²) in [5, 5.41) is 10.1. The molecule has 0 spiro atoms. The van der Waals surface area contributed by atoms with Crippen LogP contribution in [0.2, 0.25) is 0 Å². The van der Waals surface area contributed by atoms with Crippen LogP contribution in [0.4, 0.5) is 0 Å². The Kier molecular flexibility index (Phi) is 6.73. The number of rotatable bonds is 8. The highest BCUT2D eigenvalue weighted by atomic mass is 32.2. The largest absolute Gasteiger partial charge is 0.300 e. The molecule has 4 nitrogen and oxygen atoms in total. The van der Waals surface area contributed by atoms with Crippen molar-refractivity contribution in [3.63, 3.8) is 0 Å². The predicted octanol–water partition coefficient (Wildman–Crippen LogP) is 4.94. The Morgan fingerprint density at radius 2 is 1.61 bits per heavy atom. The van der Waals surface area contributed by atoms with Crippen molar-refractivity contribution in [1.82, 2.24) is 19.7 Å². The van der Waals surface area contributed by atoms with Gasteiger partial charge in [0.25, 0.3) is 0 Å². The monoisotopic (exact) mass is 410 g/mol. The molecule has 1 aliphatic rings. The molecule has 0 aliphatic carbocycles. The van der Waals surface area contributed by atoms with Gasteiger partial charge in [-0.3, -0.25) is 4.90 Å². The van der Waals surface area contributed by atoms with E-state index in [2.05, 4.69) is 80.5 Å². The molecule has 1 fully saturated rings. The minimum absolute atomic E-state index is 0.824. The van der Waals surface area contributed by atoms with Crippen molar-refractivity contribution in [2.75, 3.05) is 19.3 Å². The van der Waals surface area contributed by atoms with Gasteiger partial charge in [0.05, 0.1) is 13.1 Å². The molecule has 0 bridgehead atoms. The Balaban J connectivity index is 1.51. The van der Waals surface area contributed by atoms with Crippen LogP contribution in [0, 0.1) is 0 Å². The van der Waals surface area contributed by atoms with E-state index in [1.807, 2.05) is 0 Å². The fourth-order valence-corrected chi connectivity index (χ4v) is 4.80. The van der Waals surface area contributed by atoms with Gasteiger partial charge in [-0.05, 0) is 55.4 Å². The molecule has 3 aromatic rings. The average molecular weight is 411 g/mol. The summed E-state index contributed by atoms with van der Waals surface area (Å²) in [4.78, 5) is 3.79. The number of aromatic nitrogens is 3. The third-order valence-electron chi connectivity index (χ3n) is 5.07. The molecule has 6 heteroatoms. The lowest BCUT2D eigenvalue weighted by molar-refractivity contribution is 0.316. The van der Waals surface area contributed by atoms with Crippen molar-refractivity contribution in [2.24, 2.45) is 0 Å². The highest BCUT2D eigenvalue weighted by Crippen LogP contribution is 2.25. The van der Waals surface area contributed by atoms with E-state index in [0.29, 0.717) is 0 Å². The minimum atomic E-state index is 0.824. The second kappa shape index (κ2) is 9.63. The Hall–Kier alpha value is -1.76. The summed E-state index contributed by atoms with van der Waals surface area (Å²) in [5.41, 5.74) is 2.61. The molecule has 1 aromatic heterocycles. The van der Waals surface area contributed by atoms with Crippen LogP contribution >= 0.6 is 23.5 Å². The lowest BCUT2D eigenvalue weighted by Crippen LogP contribution is -2.21. The number of thioether (sulfide) groups is 2. The van der Waals surface area contributed by atoms with E-state index in [9.17, 15) is 0 Å². The summed E-state index contributed by atoms with van der Waals surface area (Å²) in [6.45, 7) is 4.05. The van der Waals surface area contributed by atoms with Gasteiger partial charge in [-0.15, -0.1) is 22.0 Å². The van der Waals surface area contributed by atoms with Crippen molar-refractivity contribution >= 4 is 23.5 Å². The highest BCUT2D eigenvalue weighted by molar-refractivity contribution is 7.98. The first-order valence-electron chi connectivity index (χ1n) is 9.76. The van der Waals surface area contributed by atoms with Gasteiger partial charge in [-0.2, -0.15) is 0 Å². The quantitative estimate of drug-likeness (QED) is 0.492. The maximum Gasteiger partial charge on any atom is 0.191 e. The van der Waals surface area contributed by atoms with Crippen LogP contribution < -0.4 is 0 Å². The van der Waals surface area contributed by atoms with Crippen molar-refractivity contribution in [2.45, 2.75) is 41.7 Å². The van der Waals surface area contributed by atoms with Crippen LogP contribution in [0.1, 0.15) is 29.8 Å². The molecule has 1 saturated heterocycles. The van der Waals surface area contributed by atoms with Crippen LogP contribution in [0.5, 0.6) is 0 Å². The van der Waals surface area contributed by atoms with E-state index < -0.39 is 0 Å². The zero-order chi connectivity index (χ0) is 19.2. The molecule has 0 radical (unpaired) electrons. The summed E-state index contributed by atoms with van der Waals surface area (Å²) < 4.78 is 2.30. The number of benzene rings is 2. The predicted molar refractivity (Wildman–Crippen MR) is 118 cm³/mol. The van der Waals surface area contributed by atoms with Gasteiger partial charge in [0, 0.05) is 10.6 Å². The number of nitrogens with zero attached hydrogens (tertiary/aromatic N) is 4. The van der Waals surface area contributed by atoms with Gasteiger partial charge in [-0.25, -0.2) is 0 Å². The molecule has 0 N–H and O–H groups in total. The molecule has 4 rings (SSSR count). The lowest BCUT2D eigenvalue weighted by atomic mass is 10.2. The fraction of sp³-hybridized carbons (Fsp3) is 0.364. The van der Waals surface area contributed by atoms with E-state index in [0.717, 1.165) is 29.8 Å². The van der Waals surface area contributed by atoms with Crippen molar-refractivity contribution in [3.05, 3.63) is 71.5 Å². The summed E-state index contributed by atoms with van der Waals surface area (Å²) in [7, 11) is 0. The van der Waals surface area contributed by atoms with Crippen LogP contribution in [0.3, 0.4) is 0 Å². The Morgan fingerprint density at radius 3 is 2.32 bits per heavy atom. The van der Waals surface area contributed by atoms with Crippen LogP contribution in [-0.2, 0) is 18.8 Å². The maximum absolute atomic E-state index is 4.56. The number of hydrogen-bond acceptors (Lipinski definition) is 5. The number of likely N-dealkylation sites (tertiary alicyclic amines) is 1. The van der Waals surface area contributed by atoms with Gasteiger partial charge in [0.15, 0.2) is 5.16 Å². The normalized spacial score (nSPS) is 14.6. The second-order valence-electron chi connectivity index (χ2n) is 7.09. The van der Waals surface area contributed by atoms with Gasteiger partial charge >= 0.3 is 0 Å². The fourth-order valence-electron chi connectivity index (χ4n) is 3.48. The SMILES string of the molecule is CSc1ccc(CSc2nnc(CN3CCCC3)n2Cc2ccccc2)cc1. The average Bonchev–Trinajstić information content (AvgIpc) is 3.39. The van der Waals surface area contributed by atoms with E-state index in [4.69, 9.17) is 0 Å². The highest BCUT2D eigenvalue weighted by Gasteiger charge is 2.18. The molecule has 1 aliphatic heterocycles. The smallest absolute Gasteiger partial charge is 0.191 e. The van der Waals surface area contributed by atoms with Gasteiger partial charge in [0.1, 0.15) is 5.82 Å². The maximum atomic E-state index is 4.56. The molecule has 2 aromatic carbocycles. The first-order chi connectivity index (χ1) is 13.8. The van der Waals surface area contributed by atoms with E-state index in [-0.39, 0.29) is 0 Å². The van der Waals surface area contributed by atoms with Crippen molar-refractivity contribution < 1.29 is 0 Å². The van der Waals surface area contributed by atoms with Crippen molar-refractivity contribution in [1.29, 1.82) is 0 Å². The van der Waals surface area contributed by atoms with Crippen LogP contribution in [0.25, 0.3) is 0 Å². The Morgan fingerprint density at radius 1 is 0.857 bits per heavy atom. The van der Waals surface area contributed by atoms with Gasteiger partial charge in [0.2, 0.25) is 0 Å². The van der Waals surface area contributed by atoms with E-state index in [1.165, 1.54) is 42.0 Å². The van der Waals surface area contributed by atoms with Crippen LogP contribution in [0.15, 0.2) is 64.6 Å². The van der Waals surface area contributed by atoms with Gasteiger partial charge in [-0.1, -0.05) is 54.2 Å². The summed E-state index contributed by atoms with van der Waals surface area (Å²) in [6, 6.07) is 19.4. The van der Waals surface area contributed by atoms with E-state index in [1.54, 1.807) is 23.5 Å². The molecule has 0 amide bonds. The minimum Gasteiger partial charge on any atom is -0.300 e. The van der Waals surface area contributed by atoms with E-state index >= 15 is 0 Å². The molecule has 2 heterocycles. The molecular weight excluding hydrogens is 384 g/mol. The van der Waals surface area contributed by atoms with Crippen LogP contribution in [-0.4, -0.2) is 39.0 Å². The summed E-state index contributed by atoms with van der Waals surface area (Å²) in [5.74, 6) is 1.98. The second-order valence-corrected chi connectivity index (χ2v) is 8.91. The molecule has 0 atom stereocenters. The zero-order valence-corrected chi connectivity index (χ0v) is 17.9.